The molecule has 0 aliphatic rings. The summed E-state index contributed by atoms with van der Waals surface area (Å²) in [5, 5.41) is 10.4. The third-order valence-electron chi connectivity index (χ3n) is 8.25. The summed E-state index contributed by atoms with van der Waals surface area (Å²) >= 11 is 0. The van der Waals surface area contributed by atoms with Crippen LogP contribution in [0.25, 0.3) is 0 Å². The minimum Gasteiger partial charge on any atom is -0.457 e. The van der Waals surface area contributed by atoms with Crippen molar-refractivity contribution in [2.24, 2.45) is 0 Å². The molecule has 3 atom stereocenters. The summed E-state index contributed by atoms with van der Waals surface area (Å²) in [6, 6.07) is 0. The molecule has 0 radical (unpaired) electrons. The van der Waals surface area contributed by atoms with Crippen LogP contribution in [0.15, 0.2) is 0 Å². The highest BCUT2D eigenvalue weighted by atomic mass is 31.2. The Kier molecular flexibility index (Phi) is 30.2. The summed E-state index contributed by atoms with van der Waals surface area (Å²) in [7, 11) is 1.53. The molecule has 0 fully saturated rings. The molecular formula is C36H75NO8P+. The van der Waals surface area contributed by atoms with E-state index in [0.29, 0.717) is 17.4 Å². The van der Waals surface area contributed by atoms with Gasteiger partial charge >= 0.3 is 13.8 Å². The quantitative estimate of drug-likeness (QED) is 0.0224. The molecular weight excluding hydrogens is 605 g/mol. The van der Waals surface area contributed by atoms with Crippen LogP contribution >= 0.6 is 7.82 Å². The van der Waals surface area contributed by atoms with E-state index in [1.165, 1.54) is 103 Å². The molecule has 0 bridgehead atoms. The Morgan fingerprint density at radius 2 is 1.09 bits per heavy atom. The van der Waals surface area contributed by atoms with Crippen LogP contribution in [0.2, 0.25) is 0 Å². The van der Waals surface area contributed by atoms with Gasteiger partial charge in [0.15, 0.2) is 6.29 Å². The van der Waals surface area contributed by atoms with Gasteiger partial charge in [-0.05, 0) is 19.3 Å². The number of esters is 1. The Bertz CT molecular complexity index is 733. The van der Waals surface area contributed by atoms with Gasteiger partial charge in [0, 0.05) is 6.42 Å². The van der Waals surface area contributed by atoms with Gasteiger partial charge < -0.3 is 24.0 Å². The summed E-state index contributed by atoms with van der Waals surface area (Å²) in [5.41, 5.74) is 0. The first-order valence-electron chi connectivity index (χ1n) is 18.9. The lowest BCUT2D eigenvalue weighted by atomic mass is 10.0. The van der Waals surface area contributed by atoms with Crippen molar-refractivity contribution in [3.63, 3.8) is 0 Å². The van der Waals surface area contributed by atoms with E-state index in [1.54, 1.807) is 0 Å². The number of rotatable bonds is 35. The first kappa shape index (κ1) is 45.5. The normalized spacial score (nSPS) is 14.7. The van der Waals surface area contributed by atoms with Crippen molar-refractivity contribution < 1.29 is 42.4 Å². The molecule has 0 heterocycles. The molecule has 0 amide bonds. The number of unbranched alkanes of at least 4 members (excludes halogenated alkanes) is 20. The molecule has 10 heteroatoms. The number of phosphoric ester groups is 1. The summed E-state index contributed by atoms with van der Waals surface area (Å²) < 4.78 is 34.4. The first-order valence-corrected chi connectivity index (χ1v) is 20.4. The second-order valence-corrected chi connectivity index (χ2v) is 15.6. The van der Waals surface area contributed by atoms with Gasteiger partial charge in [-0.3, -0.25) is 13.8 Å². The topological polar surface area (TPSA) is 112 Å². The zero-order valence-corrected chi connectivity index (χ0v) is 31.6. The maximum absolute atomic E-state index is 12.6. The van der Waals surface area contributed by atoms with Gasteiger partial charge in [0.1, 0.15) is 19.3 Å². The number of nitrogens with zero attached hydrogens (tertiary/aromatic N) is 1. The average molecular weight is 681 g/mol. The van der Waals surface area contributed by atoms with Crippen LogP contribution in [0.5, 0.6) is 0 Å². The number of ether oxygens (including phenoxy) is 2. The minimum absolute atomic E-state index is 0.0503. The Balaban J connectivity index is 4.39. The van der Waals surface area contributed by atoms with Crippen molar-refractivity contribution >= 4 is 13.8 Å². The third-order valence-corrected chi connectivity index (χ3v) is 9.24. The van der Waals surface area contributed by atoms with Gasteiger partial charge in [-0.25, -0.2) is 4.57 Å². The number of carbonyl (C=O) groups is 1. The molecule has 0 aliphatic heterocycles. The predicted molar refractivity (Wildman–Crippen MR) is 189 cm³/mol. The van der Waals surface area contributed by atoms with Gasteiger partial charge in [-0.15, -0.1) is 0 Å². The molecule has 46 heavy (non-hydrogen) atoms. The van der Waals surface area contributed by atoms with Crippen molar-refractivity contribution in [1.29, 1.82) is 0 Å². The van der Waals surface area contributed by atoms with E-state index in [-0.39, 0.29) is 26.2 Å². The van der Waals surface area contributed by atoms with Crippen molar-refractivity contribution in [2.45, 2.75) is 180 Å². The first-order chi connectivity index (χ1) is 22.0. The molecule has 0 saturated carbocycles. The van der Waals surface area contributed by atoms with Gasteiger partial charge in [0.25, 0.3) is 0 Å². The monoisotopic (exact) mass is 681 g/mol. The molecule has 0 aromatic rings. The zero-order chi connectivity index (χ0) is 34.4. The number of likely N-dealkylation sites (N-methyl/N-ethyl adjacent to an activating group) is 1. The van der Waals surface area contributed by atoms with Crippen LogP contribution < -0.4 is 0 Å². The minimum atomic E-state index is -4.33. The van der Waals surface area contributed by atoms with Gasteiger partial charge in [-0.1, -0.05) is 142 Å². The van der Waals surface area contributed by atoms with E-state index in [1.807, 2.05) is 21.1 Å². The van der Waals surface area contributed by atoms with Crippen molar-refractivity contribution in [2.75, 3.05) is 47.5 Å². The van der Waals surface area contributed by atoms with E-state index < -0.39 is 26.2 Å². The van der Waals surface area contributed by atoms with E-state index in [2.05, 4.69) is 13.8 Å². The fourth-order valence-electron chi connectivity index (χ4n) is 5.22. The molecule has 276 valence electrons. The smallest absolute Gasteiger partial charge is 0.457 e. The highest BCUT2D eigenvalue weighted by molar-refractivity contribution is 7.47. The summed E-state index contributed by atoms with van der Waals surface area (Å²) in [5.74, 6) is -0.398. The Labute approximate surface area is 283 Å². The highest BCUT2D eigenvalue weighted by Gasteiger charge is 2.26. The molecule has 0 aliphatic carbocycles. The molecule has 2 N–H and O–H groups in total. The number of hydrogen-bond donors (Lipinski definition) is 2. The Morgan fingerprint density at radius 3 is 1.54 bits per heavy atom. The molecule has 0 spiro atoms. The van der Waals surface area contributed by atoms with Gasteiger partial charge in [0.05, 0.1) is 34.4 Å². The summed E-state index contributed by atoms with van der Waals surface area (Å²) in [6.07, 6.45) is 25.5. The van der Waals surface area contributed by atoms with E-state index in [9.17, 15) is 19.4 Å². The largest absolute Gasteiger partial charge is 0.472 e. The second kappa shape index (κ2) is 30.5. The molecule has 0 rings (SSSR count). The van der Waals surface area contributed by atoms with Gasteiger partial charge in [-0.2, -0.15) is 0 Å². The van der Waals surface area contributed by atoms with Crippen LogP contribution in [0, 0.1) is 0 Å². The van der Waals surface area contributed by atoms with Crippen LogP contribution in [0.1, 0.15) is 168 Å². The maximum atomic E-state index is 12.6. The molecule has 0 aromatic carbocycles. The van der Waals surface area contributed by atoms with Crippen LogP contribution in [-0.4, -0.2) is 80.4 Å². The van der Waals surface area contributed by atoms with Crippen LogP contribution in [0.3, 0.4) is 0 Å². The van der Waals surface area contributed by atoms with E-state index >= 15 is 0 Å². The molecule has 0 saturated heterocycles. The molecule has 0 aromatic heterocycles. The van der Waals surface area contributed by atoms with E-state index in [4.69, 9.17) is 18.5 Å². The highest BCUT2D eigenvalue weighted by Crippen LogP contribution is 2.43. The SMILES string of the molecule is CCCCCCCCCCCCCCCC(O)OC[C@@H](COP(=O)(O)OCC[N+](C)(C)C)OC(=O)CCCCCCCCCCC. The van der Waals surface area contributed by atoms with Crippen LogP contribution in [-0.2, 0) is 27.9 Å². The lowest BCUT2D eigenvalue weighted by Crippen LogP contribution is -2.37. The fourth-order valence-corrected chi connectivity index (χ4v) is 5.97. The number of aliphatic hydroxyl groups excluding tert-OH is 1. The average Bonchev–Trinajstić information content (AvgIpc) is 2.99. The maximum Gasteiger partial charge on any atom is 0.472 e. The molecule has 9 nitrogen and oxygen atoms in total. The number of aliphatic hydroxyl groups is 1. The van der Waals surface area contributed by atoms with Crippen molar-refractivity contribution in [1.82, 2.24) is 0 Å². The van der Waals surface area contributed by atoms with Gasteiger partial charge in [0.2, 0.25) is 0 Å². The predicted octanol–water partition coefficient (Wildman–Crippen LogP) is 9.48. The zero-order valence-electron chi connectivity index (χ0n) is 30.7. The van der Waals surface area contributed by atoms with Crippen molar-refractivity contribution in [3.8, 4) is 0 Å². The lowest BCUT2D eigenvalue weighted by molar-refractivity contribution is -0.870. The van der Waals surface area contributed by atoms with Crippen LogP contribution in [0.4, 0.5) is 0 Å². The number of carbonyl (C=O) groups excluding carboxylic acids is 1. The Morgan fingerprint density at radius 1 is 0.652 bits per heavy atom. The summed E-state index contributed by atoms with van der Waals surface area (Å²) in [4.78, 5) is 22.7. The fraction of sp³-hybridized carbons (Fsp3) is 0.972. The Hall–Kier alpha value is -0.540. The lowest BCUT2D eigenvalue weighted by Gasteiger charge is -2.24. The number of hydrogen-bond acceptors (Lipinski definition) is 7. The van der Waals surface area contributed by atoms with Crippen molar-refractivity contribution in [3.05, 3.63) is 0 Å². The van der Waals surface area contributed by atoms with E-state index in [0.717, 1.165) is 38.5 Å². The third kappa shape index (κ3) is 33.4. The second-order valence-electron chi connectivity index (χ2n) is 14.1. The molecule has 2 unspecified atom stereocenters. The standard InChI is InChI=1S/C36H74NO8P/c1-6-8-10-12-14-16-17-18-19-21-22-24-26-28-35(38)42-32-34(33-44-46(40,41)43-31-30-37(3,4)5)45-36(39)29-27-25-23-20-15-13-11-9-7-2/h34-35,38H,6-33H2,1-5H3/p+1/t34-,35?/m0/s1. The number of quaternary nitrogens is 1. The number of phosphoric acid groups is 1. The summed E-state index contributed by atoms with van der Waals surface area (Å²) in [6.45, 7) is 4.57.